The summed E-state index contributed by atoms with van der Waals surface area (Å²) in [5.41, 5.74) is 2.30. The summed E-state index contributed by atoms with van der Waals surface area (Å²) in [5.74, 6) is -0.0392. The second kappa shape index (κ2) is 6.83. The molecule has 0 spiro atoms. The minimum absolute atomic E-state index is 0.0392. The molecule has 6 nitrogen and oxygen atoms in total. The van der Waals surface area contributed by atoms with E-state index in [2.05, 4.69) is 26.8 Å². The van der Waals surface area contributed by atoms with Gasteiger partial charge in [-0.1, -0.05) is 6.07 Å². The van der Waals surface area contributed by atoms with Gasteiger partial charge in [0.15, 0.2) is 0 Å². The van der Waals surface area contributed by atoms with Crippen LogP contribution in [-0.2, 0) is 0 Å². The van der Waals surface area contributed by atoms with Gasteiger partial charge in [-0.25, -0.2) is 4.98 Å². The zero-order valence-electron chi connectivity index (χ0n) is 13.5. The first-order valence-electron chi connectivity index (χ1n) is 7.88. The van der Waals surface area contributed by atoms with Crippen molar-refractivity contribution in [3.8, 4) is 0 Å². The van der Waals surface area contributed by atoms with Crippen LogP contribution in [-0.4, -0.2) is 56.8 Å². The van der Waals surface area contributed by atoms with Crippen molar-refractivity contribution in [3.63, 3.8) is 0 Å². The van der Waals surface area contributed by atoms with Gasteiger partial charge >= 0.3 is 0 Å². The monoisotopic (exact) mass is 311 g/mol. The lowest BCUT2D eigenvalue weighted by Gasteiger charge is -2.37. The number of pyridine rings is 1. The standard InChI is InChI=1S/C17H21N5O/c1-13-11-20-16(12-19-13)17(23)22-9-7-21(8-10-22)14(2)15-5-3-4-6-18-15/h3-6,11-12,14H,7-10H2,1-2H3/t14-/m1/s1. The molecule has 0 aromatic carbocycles. The molecule has 1 amide bonds. The molecule has 6 heteroatoms. The van der Waals surface area contributed by atoms with Gasteiger partial charge in [-0.2, -0.15) is 0 Å². The third kappa shape index (κ3) is 3.53. The highest BCUT2D eigenvalue weighted by molar-refractivity contribution is 5.92. The smallest absolute Gasteiger partial charge is 0.274 e. The van der Waals surface area contributed by atoms with Crippen LogP contribution in [0.4, 0.5) is 0 Å². The van der Waals surface area contributed by atoms with E-state index in [0.717, 1.165) is 24.5 Å². The molecule has 0 radical (unpaired) electrons. The first-order valence-corrected chi connectivity index (χ1v) is 7.88. The molecular formula is C17H21N5O. The maximum absolute atomic E-state index is 12.5. The topological polar surface area (TPSA) is 62.2 Å². The first kappa shape index (κ1) is 15.6. The van der Waals surface area contributed by atoms with Gasteiger partial charge in [-0.05, 0) is 26.0 Å². The van der Waals surface area contributed by atoms with E-state index < -0.39 is 0 Å². The van der Waals surface area contributed by atoms with Gasteiger partial charge in [0.1, 0.15) is 5.69 Å². The van der Waals surface area contributed by atoms with E-state index in [9.17, 15) is 4.79 Å². The van der Waals surface area contributed by atoms with Crippen LogP contribution in [0.5, 0.6) is 0 Å². The molecule has 2 aromatic rings. The van der Waals surface area contributed by atoms with Crippen LogP contribution in [0.15, 0.2) is 36.8 Å². The molecule has 1 fully saturated rings. The number of hydrogen-bond donors (Lipinski definition) is 0. The molecular weight excluding hydrogens is 290 g/mol. The maximum Gasteiger partial charge on any atom is 0.274 e. The fourth-order valence-electron chi connectivity index (χ4n) is 2.79. The van der Waals surface area contributed by atoms with Crippen molar-refractivity contribution in [1.29, 1.82) is 0 Å². The Bertz CT molecular complexity index is 650. The third-order valence-corrected chi connectivity index (χ3v) is 4.27. The van der Waals surface area contributed by atoms with E-state index in [0.29, 0.717) is 18.8 Å². The van der Waals surface area contributed by atoms with E-state index in [1.807, 2.05) is 36.2 Å². The van der Waals surface area contributed by atoms with Gasteiger partial charge in [0.2, 0.25) is 0 Å². The largest absolute Gasteiger partial charge is 0.335 e. The summed E-state index contributed by atoms with van der Waals surface area (Å²) in [6, 6.07) is 6.24. The van der Waals surface area contributed by atoms with Crippen LogP contribution in [0, 0.1) is 6.92 Å². The minimum atomic E-state index is -0.0392. The molecule has 3 rings (SSSR count). The van der Waals surface area contributed by atoms with Crippen molar-refractivity contribution in [2.75, 3.05) is 26.2 Å². The highest BCUT2D eigenvalue weighted by Crippen LogP contribution is 2.19. The van der Waals surface area contributed by atoms with Crippen molar-refractivity contribution in [1.82, 2.24) is 24.8 Å². The number of amides is 1. The van der Waals surface area contributed by atoms with Crippen LogP contribution in [0.1, 0.15) is 34.8 Å². The second-order valence-electron chi connectivity index (χ2n) is 5.80. The molecule has 0 N–H and O–H groups in total. The van der Waals surface area contributed by atoms with Crippen molar-refractivity contribution in [2.45, 2.75) is 19.9 Å². The molecule has 0 saturated carbocycles. The van der Waals surface area contributed by atoms with Gasteiger partial charge in [-0.3, -0.25) is 19.7 Å². The normalized spacial score (nSPS) is 17.0. The van der Waals surface area contributed by atoms with Gasteiger partial charge in [0.05, 0.1) is 17.6 Å². The fraction of sp³-hybridized carbons (Fsp3) is 0.412. The Hall–Kier alpha value is -2.34. The van der Waals surface area contributed by atoms with E-state index in [4.69, 9.17) is 0 Å². The highest BCUT2D eigenvalue weighted by Gasteiger charge is 2.26. The van der Waals surface area contributed by atoms with Gasteiger partial charge < -0.3 is 4.90 Å². The quantitative estimate of drug-likeness (QED) is 0.863. The summed E-state index contributed by atoms with van der Waals surface area (Å²) in [6.07, 6.45) is 5.01. The van der Waals surface area contributed by atoms with Crippen LogP contribution >= 0.6 is 0 Å². The zero-order valence-corrected chi connectivity index (χ0v) is 13.5. The SMILES string of the molecule is Cc1cnc(C(=O)N2CCN([C@H](C)c3ccccn3)CC2)cn1. The molecule has 2 aromatic heterocycles. The van der Waals surface area contributed by atoms with Crippen molar-refractivity contribution < 1.29 is 4.79 Å². The van der Waals surface area contributed by atoms with Crippen molar-refractivity contribution >= 4 is 5.91 Å². The van der Waals surface area contributed by atoms with Crippen molar-refractivity contribution in [3.05, 3.63) is 53.9 Å². The Balaban J connectivity index is 1.60. The van der Waals surface area contributed by atoms with E-state index in [1.165, 1.54) is 0 Å². The number of nitrogens with zero attached hydrogens (tertiary/aromatic N) is 5. The number of hydrogen-bond acceptors (Lipinski definition) is 5. The first-order chi connectivity index (χ1) is 11.1. The number of aromatic nitrogens is 3. The molecule has 3 heterocycles. The summed E-state index contributed by atoms with van der Waals surface area (Å²) in [7, 11) is 0. The van der Waals surface area contributed by atoms with E-state index in [1.54, 1.807) is 12.4 Å². The Kier molecular flexibility index (Phi) is 4.62. The number of piperazine rings is 1. The molecule has 0 unspecified atom stereocenters. The number of aryl methyl sites for hydroxylation is 1. The number of rotatable bonds is 3. The average Bonchev–Trinajstić information content (AvgIpc) is 2.62. The Labute approximate surface area is 136 Å². The minimum Gasteiger partial charge on any atom is -0.335 e. The van der Waals surface area contributed by atoms with E-state index >= 15 is 0 Å². The average molecular weight is 311 g/mol. The molecule has 0 aliphatic carbocycles. The fourth-order valence-corrected chi connectivity index (χ4v) is 2.79. The molecule has 1 aliphatic heterocycles. The second-order valence-corrected chi connectivity index (χ2v) is 5.80. The number of carbonyl (C=O) groups excluding carboxylic acids is 1. The van der Waals surface area contributed by atoms with Crippen LogP contribution in [0.25, 0.3) is 0 Å². The zero-order chi connectivity index (χ0) is 16.2. The summed E-state index contributed by atoms with van der Waals surface area (Å²) < 4.78 is 0. The van der Waals surface area contributed by atoms with Gasteiger partial charge in [-0.15, -0.1) is 0 Å². The lowest BCUT2D eigenvalue weighted by atomic mass is 10.1. The number of carbonyl (C=O) groups is 1. The maximum atomic E-state index is 12.5. The Morgan fingerprint density at radius 1 is 1.09 bits per heavy atom. The van der Waals surface area contributed by atoms with Gasteiger partial charge in [0.25, 0.3) is 5.91 Å². The van der Waals surface area contributed by atoms with E-state index in [-0.39, 0.29) is 11.9 Å². The summed E-state index contributed by atoms with van der Waals surface area (Å²) in [6.45, 7) is 7.09. The summed E-state index contributed by atoms with van der Waals surface area (Å²) in [5, 5.41) is 0. The molecule has 0 bridgehead atoms. The lowest BCUT2D eigenvalue weighted by molar-refractivity contribution is 0.0573. The summed E-state index contributed by atoms with van der Waals surface area (Å²) in [4.78, 5) is 29.4. The molecule has 1 atom stereocenters. The molecule has 1 aliphatic rings. The predicted octanol–water partition coefficient (Wildman–Crippen LogP) is 1.70. The van der Waals surface area contributed by atoms with Crippen LogP contribution in [0.2, 0.25) is 0 Å². The van der Waals surface area contributed by atoms with Crippen LogP contribution < -0.4 is 0 Å². The predicted molar refractivity (Wildman–Crippen MR) is 86.9 cm³/mol. The highest BCUT2D eigenvalue weighted by atomic mass is 16.2. The molecule has 1 saturated heterocycles. The Morgan fingerprint density at radius 2 is 1.87 bits per heavy atom. The van der Waals surface area contributed by atoms with Crippen LogP contribution in [0.3, 0.4) is 0 Å². The Morgan fingerprint density at radius 3 is 2.48 bits per heavy atom. The lowest BCUT2D eigenvalue weighted by Crippen LogP contribution is -2.49. The third-order valence-electron chi connectivity index (χ3n) is 4.27. The summed E-state index contributed by atoms with van der Waals surface area (Å²) >= 11 is 0. The van der Waals surface area contributed by atoms with Gasteiger partial charge in [0, 0.05) is 44.6 Å². The molecule has 120 valence electrons. The van der Waals surface area contributed by atoms with Crippen molar-refractivity contribution in [2.24, 2.45) is 0 Å². The molecule has 23 heavy (non-hydrogen) atoms.